The lowest BCUT2D eigenvalue weighted by molar-refractivity contribution is 0.0980. The number of anilines is 1. The van der Waals surface area contributed by atoms with Crippen molar-refractivity contribution < 1.29 is 9.53 Å². The number of methoxy groups -OCH3 is 1. The van der Waals surface area contributed by atoms with Gasteiger partial charge in [0.1, 0.15) is 5.75 Å². The first-order valence-electron chi connectivity index (χ1n) is 8.75. The van der Waals surface area contributed by atoms with Crippen LogP contribution in [0.15, 0.2) is 78.9 Å². The maximum atomic E-state index is 12.8. The first kappa shape index (κ1) is 18.3. The van der Waals surface area contributed by atoms with Gasteiger partial charge in [0.25, 0.3) is 0 Å². The molecule has 0 radical (unpaired) electrons. The van der Waals surface area contributed by atoms with Gasteiger partial charge in [-0.3, -0.25) is 4.79 Å². The summed E-state index contributed by atoms with van der Waals surface area (Å²) < 4.78 is 5.22. The summed E-state index contributed by atoms with van der Waals surface area (Å²) in [5, 5.41) is 0. The van der Waals surface area contributed by atoms with E-state index in [9.17, 15) is 4.79 Å². The van der Waals surface area contributed by atoms with Crippen molar-refractivity contribution in [1.29, 1.82) is 0 Å². The molecule has 2 N–H and O–H groups in total. The van der Waals surface area contributed by atoms with E-state index in [1.165, 1.54) is 0 Å². The van der Waals surface area contributed by atoms with Crippen LogP contribution < -0.4 is 10.5 Å². The third kappa shape index (κ3) is 4.77. The third-order valence-corrected chi connectivity index (χ3v) is 4.33. The van der Waals surface area contributed by atoms with Gasteiger partial charge < -0.3 is 10.5 Å². The number of ketones is 1. The molecule has 0 unspecified atom stereocenters. The highest BCUT2D eigenvalue weighted by Gasteiger charge is 2.17. The van der Waals surface area contributed by atoms with E-state index in [0.29, 0.717) is 11.3 Å². The number of nitrogens with two attached hydrogens (primary N) is 1. The Labute approximate surface area is 159 Å². The third-order valence-electron chi connectivity index (χ3n) is 4.33. The number of hydrogen-bond acceptors (Lipinski definition) is 3. The van der Waals surface area contributed by atoms with Crippen LogP contribution in [0.2, 0.25) is 0 Å². The van der Waals surface area contributed by atoms with E-state index in [-0.39, 0.29) is 18.1 Å². The highest BCUT2D eigenvalue weighted by atomic mass is 16.5. The van der Waals surface area contributed by atoms with Crippen LogP contribution in [-0.2, 0) is 0 Å². The van der Waals surface area contributed by atoms with E-state index in [2.05, 4.69) is 11.8 Å². The first-order valence-corrected chi connectivity index (χ1v) is 8.75. The van der Waals surface area contributed by atoms with Crippen molar-refractivity contribution in [2.45, 2.75) is 12.3 Å². The zero-order chi connectivity index (χ0) is 19.1. The molecule has 0 aliphatic carbocycles. The van der Waals surface area contributed by atoms with Crippen molar-refractivity contribution in [3.8, 4) is 17.6 Å². The molecule has 1 atom stereocenters. The molecule has 0 aliphatic heterocycles. The molecule has 0 amide bonds. The van der Waals surface area contributed by atoms with E-state index < -0.39 is 0 Å². The fraction of sp³-hybridized carbons (Fsp3) is 0.125. The number of carbonyl (C=O) groups excluding carboxylic acids is 1. The lowest BCUT2D eigenvalue weighted by Gasteiger charge is -2.12. The van der Waals surface area contributed by atoms with Gasteiger partial charge in [0.05, 0.1) is 13.0 Å². The van der Waals surface area contributed by atoms with Crippen LogP contribution in [0.25, 0.3) is 0 Å². The molecule has 3 heteroatoms. The number of benzene rings is 3. The standard InChI is InChI=1S/C24H21NO2/c1-27-21-15-13-19(14-16-21)20(12-11-18-7-3-2-4-8-18)17-24(26)22-9-5-6-10-23(22)25/h2-10,13-16,20H,17,25H2,1H3/t20-/m1/s1. The van der Waals surface area contributed by atoms with Crippen LogP contribution in [0, 0.1) is 11.8 Å². The van der Waals surface area contributed by atoms with E-state index in [0.717, 1.165) is 16.9 Å². The second-order valence-electron chi connectivity index (χ2n) is 6.18. The van der Waals surface area contributed by atoms with E-state index in [1.807, 2.05) is 66.7 Å². The molecule has 134 valence electrons. The van der Waals surface area contributed by atoms with Crippen molar-refractivity contribution in [3.05, 3.63) is 95.6 Å². The molecule has 0 fully saturated rings. The smallest absolute Gasteiger partial charge is 0.166 e. The summed E-state index contributed by atoms with van der Waals surface area (Å²) in [5.74, 6) is 6.96. The first-order chi connectivity index (χ1) is 13.2. The Morgan fingerprint density at radius 3 is 2.30 bits per heavy atom. The van der Waals surface area contributed by atoms with E-state index in [4.69, 9.17) is 10.5 Å². The van der Waals surface area contributed by atoms with Gasteiger partial charge in [-0.1, -0.05) is 54.3 Å². The topological polar surface area (TPSA) is 52.3 Å². The van der Waals surface area contributed by atoms with Crippen molar-refractivity contribution >= 4 is 11.5 Å². The summed E-state index contributed by atoms with van der Waals surface area (Å²) in [6, 6.07) is 24.6. The van der Waals surface area contributed by atoms with Gasteiger partial charge >= 0.3 is 0 Å². The van der Waals surface area contributed by atoms with Gasteiger partial charge in [-0.05, 0) is 42.0 Å². The Morgan fingerprint density at radius 1 is 0.963 bits per heavy atom. The number of nitrogen functional groups attached to an aromatic ring is 1. The molecule has 0 spiro atoms. The van der Waals surface area contributed by atoms with Crippen molar-refractivity contribution in [1.82, 2.24) is 0 Å². The summed E-state index contributed by atoms with van der Waals surface area (Å²) >= 11 is 0. The van der Waals surface area contributed by atoms with Crippen LogP contribution in [0.1, 0.15) is 33.8 Å². The number of ether oxygens (including phenoxy) is 1. The Kier molecular flexibility index (Phi) is 5.91. The van der Waals surface area contributed by atoms with Crippen LogP contribution in [-0.4, -0.2) is 12.9 Å². The molecular formula is C24H21NO2. The van der Waals surface area contributed by atoms with E-state index >= 15 is 0 Å². The van der Waals surface area contributed by atoms with Crippen LogP contribution in [0.4, 0.5) is 5.69 Å². The average Bonchev–Trinajstić information content (AvgIpc) is 2.72. The molecule has 3 aromatic rings. The second kappa shape index (κ2) is 8.73. The number of hydrogen-bond donors (Lipinski definition) is 1. The normalized spacial score (nSPS) is 11.1. The van der Waals surface area contributed by atoms with Crippen molar-refractivity contribution in [2.24, 2.45) is 0 Å². The molecular weight excluding hydrogens is 334 g/mol. The van der Waals surface area contributed by atoms with Gasteiger partial charge in [-0.2, -0.15) is 0 Å². The summed E-state index contributed by atoms with van der Waals surface area (Å²) in [7, 11) is 1.63. The highest BCUT2D eigenvalue weighted by molar-refractivity contribution is 6.01. The molecule has 3 aromatic carbocycles. The molecule has 3 rings (SSSR count). The molecule has 0 aromatic heterocycles. The summed E-state index contributed by atoms with van der Waals surface area (Å²) in [5.41, 5.74) is 8.89. The Balaban J connectivity index is 1.90. The fourth-order valence-corrected chi connectivity index (χ4v) is 2.83. The minimum Gasteiger partial charge on any atom is -0.497 e. The summed E-state index contributed by atoms with van der Waals surface area (Å²) in [4.78, 5) is 12.8. The van der Waals surface area contributed by atoms with Gasteiger partial charge in [-0.25, -0.2) is 0 Å². The predicted octanol–water partition coefficient (Wildman–Crippen LogP) is 4.69. The number of Topliss-reactive ketones (excluding diaryl/α,β-unsaturated/α-hetero) is 1. The lowest BCUT2D eigenvalue weighted by atomic mass is 9.91. The zero-order valence-electron chi connectivity index (χ0n) is 15.2. The maximum absolute atomic E-state index is 12.8. The van der Waals surface area contributed by atoms with Gasteiger partial charge in [-0.15, -0.1) is 0 Å². The Morgan fingerprint density at radius 2 is 1.63 bits per heavy atom. The maximum Gasteiger partial charge on any atom is 0.166 e. The number of para-hydroxylation sites is 1. The molecule has 0 aliphatic rings. The number of carbonyl (C=O) groups is 1. The molecule has 0 saturated carbocycles. The highest BCUT2D eigenvalue weighted by Crippen LogP contribution is 2.25. The van der Waals surface area contributed by atoms with Crippen LogP contribution in [0.5, 0.6) is 5.75 Å². The molecule has 27 heavy (non-hydrogen) atoms. The minimum atomic E-state index is -0.233. The molecule has 0 heterocycles. The van der Waals surface area contributed by atoms with Crippen LogP contribution >= 0.6 is 0 Å². The molecule has 0 saturated heterocycles. The largest absolute Gasteiger partial charge is 0.497 e. The predicted molar refractivity (Wildman–Crippen MR) is 109 cm³/mol. The second-order valence-corrected chi connectivity index (χ2v) is 6.18. The summed E-state index contributed by atoms with van der Waals surface area (Å²) in [6.07, 6.45) is 0.264. The average molecular weight is 355 g/mol. The SMILES string of the molecule is COc1ccc([C@H](C#Cc2ccccc2)CC(=O)c2ccccc2N)cc1. The minimum absolute atomic E-state index is 0.0173. The van der Waals surface area contributed by atoms with Gasteiger partial charge in [0.15, 0.2) is 5.78 Å². The van der Waals surface area contributed by atoms with Gasteiger partial charge in [0, 0.05) is 23.2 Å². The Hall–Kier alpha value is -3.51. The van der Waals surface area contributed by atoms with Crippen LogP contribution in [0.3, 0.4) is 0 Å². The Bertz CT molecular complexity index is 967. The quantitative estimate of drug-likeness (QED) is 0.410. The van der Waals surface area contributed by atoms with Crippen molar-refractivity contribution in [3.63, 3.8) is 0 Å². The lowest BCUT2D eigenvalue weighted by Crippen LogP contribution is -2.09. The molecule has 0 bridgehead atoms. The van der Waals surface area contributed by atoms with E-state index in [1.54, 1.807) is 19.2 Å². The number of rotatable bonds is 5. The monoisotopic (exact) mass is 355 g/mol. The van der Waals surface area contributed by atoms with Crippen molar-refractivity contribution in [2.75, 3.05) is 12.8 Å². The molecule has 3 nitrogen and oxygen atoms in total. The van der Waals surface area contributed by atoms with Gasteiger partial charge in [0.2, 0.25) is 0 Å². The zero-order valence-corrected chi connectivity index (χ0v) is 15.2. The fourth-order valence-electron chi connectivity index (χ4n) is 2.83. The summed E-state index contributed by atoms with van der Waals surface area (Å²) in [6.45, 7) is 0.